The lowest BCUT2D eigenvalue weighted by molar-refractivity contribution is 0.240. The smallest absolute Gasteiger partial charge is 0.151 e. The number of sulfone groups is 1. The van der Waals surface area contributed by atoms with Crippen LogP contribution in [0.2, 0.25) is 0 Å². The van der Waals surface area contributed by atoms with E-state index in [1.54, 1.807) is 0 Å². The molecule has 0 aromatic carbocycles. The zero-order valence-electron chi connectivity index (χ0n) is 10.8. The molecule has 0 aromatic heterocycles. The van der Waals surface area contributed by atoms with E-state index in [0.717, 1.165) is 31.2 Å². The summed E-state index contributed by atoms with van der Waals surface area (Å²) in [7, 11) is -2.76. The van der Waals surface area contributed by atoms with Gasteiger partial charge in [0.15, 0.2) is 9.84 Å². The lowest BCUT2D eigenvalue weighted by atomic mass is 9.80. The number of nitrogens with one attached hydrogen (secondary N) is 1. The molecule has 3 atom stereocenters. The van der Waals surface area contributed by atoms with Crippen LogP contribution in [0.5, 0.6) is 0 Å². The molecule has 0 aromatic rings. The van der Waals surface area contributed by atoms with Gasteiger partial charge in [-0.2, -0.15) is 0 Å². The van der Waals surface area contributed by atoms with E-state index in [1.165, 1.54) is 25.7 Å². The Morgan fingerprint density at radius 2 is 1.88 bits per heavy atom. The minimum absolute atomic E-state index is 0.211. The molecule has 0 radical (unpaired) electrons. The van der Waals surface area contributed by atoms with Crippen LogP contribution in [-0.2, 0) is 9.84 Å². The number of hydrogen-bond acceptors (Lipinski definition) is 3. The molecule has 100 valence electrons. The summed E-state index contributed by atoms with van der Waals surface area (Å²) in [5, 5.41) is 3.50. The van der Waals surface area contributed by atoms with E-state index >= 15 is 0 Å². The highest BCUT2D eigenvalue weighted by Crippen LogP contribution is 2.29. The maximum Gasteiger partial charge on any atom is 0.151 e. The first kappa shape index (κ1) is 13.3. The van der Waals surface area contributed by atoms with E-state index in [0.29, 0.717) is 11.5 Å². The van der Waals surface area contributed by atoms with Crippen LogP contribution in [0.25, 0.3) is 0 Å². The van der Waals surface area contributed by atoms with Crippen LogP contribution < -0.4 is 5.32 Å². The Kier molecular flexibility index (Phi) is 4.47. The highest BCUT2D eigenvalue weighted by Gasteiger charge is 2.26. The average Bonchev–Trinajstić information content (AvgIpc) is 2.27. The molecule has 1 N–H and O–H groups in total. The summed E-state index contributed by atoms with van der Waals surface area (Å²) in [4.78, 5) is 0. The first-order chi connectivity index (χ1) is 8.07. The molecule has 17 heavy (non-hydrogen) atoms. The quantitative estimate of drug-likeness (QED) is 0.843. The first-order valence-electron chi connectivity index (χ1n) is 7.00. The van der Waals surface area contributed by atoms with Gasteiger partial charge in [-0.15, -0.1) is 0 Å². The molecule has 1 saturated heterocycles. The van der Waals surface area contributed by atoms with E-state index in [9.17, 15) is 8.42 Å². The minimum atomic E-state index is -2.76. The number of rotatable bonds is 3. The standard InChI is InChI=1S/C13H25NO2S/c1-11-5-2-3-6-12(11)9-14-13-7-4-8-17(15,16)10-13/h11-14H,2-10H2,1H3. The van der Waals surface area contributed by atoms with Gasteiger partial charge in [0.2, 0.25) is 0 Å². The van der Waals surface area contributed by atoms with E-state index in [1.807, 2.05) is 0 Å². The van der Waals surface area contributed by atoms with Crippen LogP contribution in [0.4, 0.5) is 0 Å². The van der Waals surface area contributed by atoms with Crippen molar-refractivity contribution in [2.45, 2.75) is 51.5 Å². The fourth-order valence-electron chi connectivity index (χ4n) is 3.20. The second-order valence-electron chi connectivity index (χ2n) is 5.88. The molecular formula is C13H25NO2S. The summed E-state index contributed by atoms with van der Waals surface area (Å²) >= 11 is 0. The molecule has 1 aliphatic heterocycles. The van der Waals surface area contributed by atoms with Gasteiger partial charge in [-0.1, -0.05) is 26.2 Å². The van der Waals surface area contributed by atoms with Gasteiger partial charge in [0.05, 0.1) is 11.5 Å². The van der Waals surface area contributed by atoms with Crippen molar-refractivity contribution in [1.82, 2.24) is 5.32 Å². The van der Waals surface area contributed by atoms with Crippen LogP contribution in [0.15, 0.2) is 0 Å². The van der Waals surface area contributed by atoms with E-state index in [4.69, 9.17) is 0 Å². The molecule has 1 heterocycles. The molecule has 1 aliphatic carbocycles. The summed E-state index contributed by atoms with van der Waals surface area (Å²) in [6.07, 6.45) is 7.23. The van der Waals surface area contributed by atoms with Gasteiger partial charge < -0.3 is 5.32 Å². The van der Waals surface area contributed by atoms with Crippen molar-refractivity contribution in [1.29, 1.82) is 0 Å². The largest absolute Gasteiger partial charge is 0.313 e. The molecule has 3 unspecified atom stereocenters. The fourth-order valence-corrected chi connectivity index (χ4v) is 4.87. The Bertz CT molecular complexity index is 339. The molecule has 0 spiro atoms. The van der Waals surface area contributed by atoms with Crippen molar-refractivity contribution in [3.8, 4) is 0 Å². The lowest BCUT2D eigenvalue weighted by Crippen LogP contribution is -2.43. The monoisotopic (exact) mass is 259 g/mol. The van der Waals surface area contributed by atoms with Gasteiger partial charge in [-0.25, -0.2) is 8.42 Å². The highest BCUT2D eigenvalue weighted by molar-refractivity contribution is 7.91. The third-order valence-electron chi connectivity index (χ3n) is 4.42. The fraction of sp³-hybridized carbons (Fsp3) is 1.00. The Hall–Kier alpha value is -0.0900. The Labute approximate surface area is 105 Å². The molecule has 2 aliphatic rings. The first-order valence-corrected chi connectivity index (χ1v) is 8.83. The second-order valence-corrected chi connectivity index (χ2v) is 8.11. The van der Waals surface area contributed by atoms with E-state index < -0.39 is 9.84 Å². The van der Waals surface area contributed by atoms with Crippen molar-refractivity contribution < 1.29 is 8.42 Å². The van der Waals surface area contributed by atoms with Gasteiger partial charge in [0.25, 0.3) is 0 Å². The van der Waals surface area contributed by atoms with Gasteiger partial charge in [-0.3, -0.25) is 0 Å². The summed E-state index contributed by atoms with van der Waals surface area (Å²) < 4.78 is 23.1. The third-order valence-corrected chi connectivity index (χ3v) is 6.24. The topological polar surface area (TPSA) is 46.2 Å². The molecule has 2 rings (SSSR count). The molecule has 0 bridgehead atoms. The SMILES string of the molecule is CC1CCCCC1CNC1CCCS(=O)(=O)C1. The summed E-state index contributed by atoms with van der Waals surface area (Å²) in [6, 6.07) is 0.211. The average molecular weight is 259 g/mol. The van der Waals surface area contributed by atoms with Crippen LogP contribution in [0, 0.1) is 11.8 Å². The predicted molar refractivity (Wildman–Crippen MR) is 70.8 cm³/mol. The summed E-state index contributed by atoms with van der Waals surface area (Å²) in [5.74, 6) is 2.31. The molecule has 1 saturated carbocycles. The van der Waals surface area contributed by atoms with Crippen molar-refractivity contribution in [2.75, 3.05) is 18.1 Å². The molecule has 4 heteroatoms. The molecular weight excluding hydrogens is 234 g/mol. The second kappa shape index (κ2) is 5.70. The molecule has 0 amide bonds. The Morgan fingerprint density at radius 3 is 2.59 bits per heavy atom. The van der Waals surface area contributed by atoms with Gasteiger partial charge in [0, 0.05) is 6.04 Å². The summed E-state index contributed by atoms with van der Waals surface area (Å²) in [5.41, 5.74) is 0. The highest BCUT2D eigenvalue weighted by atomic mass is 32.2. The third kappa shape index (κ3) is 3.95. The number of hydrogen-bond donors (Lipinski definition) is 1. The van der Waals surface area contributed by atoms with Crippen molar-refractivity contribution in [2.24, 2.45) is 11.8 Å². The van der Waals surface area contributed by atoms with Crippen molar-refractivity contribution in [3.05, 3.63) is 0 Å². The zero-order chi connectivity index (χ0) is 12.3. The van der Waals surface area contributed by atoms with E-state index in [-0.39, 0.29) is 6.04 Å². The van der Waals surface area contributed by atoms with Crippen molar-refractivity contribution in [3.63, 3.8) is 0 Å². The normalized spacial score (nSPS) is 37.8. The lowest BCUT2D eigenvalue weighted by Gasteiger charge is -2.31. The van der Waals surface area contributed by atoms with Crippen LogP contribution >= 0.6 is 0 Å². The minimum Gasteiger partial charge on any atom is -0.313 e. The van der Waals surface area contributed by atoms with Crippen LogP contribution in [-0.4, -0.2) is 32.5 Å². The Balaban J connectivity index is 1.77. The maximum atomic E-state index is 11.5. The summed E-state index contributed by atoms with van der Waals surface area (Å²) in [6.45, 7) is 3.35. The van der Waals surface area contributed by atoms with Crippen LogP contribution in [0.3, 0.4) is 0 Å². The predicted octanol–water partition coefficient (Wildman–Crippen LogP) is 1.98. The molecule has 3 nitrogen and oxygen atoms in total. The van der Waals surface area contributed by atoms with Crippen LogP contribution in [0.1, 0.15) is 45.4 Å². The zero-order valence-corrected chi connectivity index (χ0v) is 11.6. The van der Waals surface area contributed by atoms with Gasteiger partial charge >= 0.3 is 0 Å². The molecule has 2 fully saturated rings. The van der Waals surface area contributed by atoms with Gasteiger partial charge in [0.1, 0.15) is 0 Å². The van der Waals surface area contributed by atoms with Gasteiger partial charge in [-0.05, 0) is 37.6 Å². The van der Waals surface area contributed by atoms with Crippen molar-refractivity contribution >= 4 is 9.84 Å². The Morgan fingerprint density at radius 1 is 1.12 bits per heavy atom. The van der Waals surface area contributed by atoms with E-state index in [2.05, 4.69) is 12.2 Å². The maximum absolute atomic E-state index is 11.5.